The second kappa shape index (κ2) is 14.8. The molecule has 0 bridgehead atoms. The molecular formula is C33H34F8O6. The average molecular weight is 679 g/mol. The number of hydrogen-bond acceptors (Lipinski definition) is 6. The maximum absolute atomic E-state index is 14.4. The number of carbonyl (C=O) groups is 1. The van der Waals surface area contributed by atoms with Crippen LogP contribution in [0.25, 0.3) is 22.1 Å². The molecule has 258 valence electrons. The third-order valence-electron chi connectivity index (χ3n) is 7.33. The van der Waals surface area contributed by atoms with Gasteiger partial charge < -0.3 is 18.6 Å². The first kappa shape index (κ1) is 37.4. The van der Waals surface area contributed by atoms with Crippen LogP contribution in [0, 0.1) is 0 Å². The van der Waals surface area contributed by atoms with Gasteiger partial charge in [-0.1, -0.05) is 38.5 Å². The summed E-state index contributed by atoms with van der Waals surface area (Å²) in [5, 5.41) is 0.369. The largest absolute Gasteiger partial charge is 0.496 e. The molecule has 0 N–H and O–H groups in total. The van der Waals surface area contributed by atoms with Crippen molar-refractivity contribution >= 4 is 16.9 Å². The smallest absolute Gasteiger partial charge is 0.378 e. The third kappa shape index (κ3) is 8.25. The number of ether oxygens (including phenoxy) is 3. The molecule has 3 aromatic rings. The second-order valence-corrected chi connectivity index (χ2v) is 11.0. The lowest BCUT2D eigenvalue weighted by molar-refractivity contribution is -0.368. The van der Waals surface area contributed by atoms with Gasteiger partial charge in [-0.25, -0.2) is 9.59 Å². The SMILES string of the molecule is C=C(C)C(=O)OCCC(F)(F)C(F)(F)C(F)(F)C(F)(F)CCOc1ccc2cc(-c3ccc(CCCCC)cc3OC)c(=O)oc2c1. The van der Waals surface area contributed by atoms with Gasteiger partial charge in [-0.15, -0.1) is 0 Å². The van der Waals surface area contributed by atoms with Crippen molar-refractivity contribution in [2.75, 3.05) is 20.3 Å². The van der Waals surface area contributed by atoms with Crippen LogP contribution in [-0.2, 0) is 16.0 Å². The molecule has 0 atom stereocenters. The van der Waals surface area contributed by atoms with Crippen molar-refractivity contribution in [3.63, 3.8) is 0 Å². The summed E-state index contributed by atoms with van der Waals surface area (Å²) >= 11 is 0. The maximum Gasteiger partial charge on any atom is 0.378 e. The van der Waals surface area contributed by atoms with Gasteiger partial charge in [-0.2, -0.15) is 35.1 Å². The van der Waals surface area contributed by atoms with Crippen molar-refractivity contribution in [1.82, 2.24) is 0 Å². The minimum absolute atomic E-state index is 0.0676. The number of alkyl halides is 8. The number of rotatable bonds is 17. The van der Waals surface area contributed by atoms with Crippen LogP contribution in [-0.4, -0.2) is 50.0 Å². The van der Waals surface area contributed by atoms with E-state index in [9.17, 15) is 44.7 Å². The zero-order valence-corrected chi connectivity index (χ0v) is 25.9. The summed E-state index contributed by atoms with van der Waals surface area (Å²) in [4.78, 5) is 24.1. The molecule has 0 spiro atoms. The fourth-order valence-corrected chi connectivity index (χ4v) is 4.53. The van der Waals surface area contributed by atoms with Crippen LogP contribution in [0.15, 0.2) is 63.8 Å². The first-order valence-corrected chi connectivity index (χ1v) is 14.6. The Balaban J connectivity index is 1.72. The second-order valence-electron chi connectivity index (χ2n) is 11.0. The highest BCUT2D eigenvalue weighted by molar-refractivity contribution is 5.87. The maximum atomic E-state index is 14.4. The molecule has 14 heteroatoms. The van der Waals surface area contributed by atoms with Gasteiger partial charge in [0.25, 0.3) is 0 Å². The predicted molar refractivity (Wildman–Crippen MR) is 158 cm³/mol. The standard InChI is InChI=1S/C33H34F8O6/c1-5-6-7-8-21-9-12-24(27(17-21)44-4)25-18-22-10-11-23(19-26(22)47-29(25)43)45-15-13-30(34,35)32(38,39)33(40,41)31(36,37)14-16-46-28(42)20(2)3/h9-12,17-19H,2,5-8,13-16H2,1,3-4H3. The first-order valence-electron chi connectivity index (χ1n) is 14.6. The molecule has 0 amide bonds. The summed E-state index contributed by atoms with van der Waals surface area (Å²) in [6.07, 6.45) is -0.297. The van der Waals surface area contributed by atoms with Crippen LogP contribution in [0.5, 0.6) is 11.5 Å². The lowest BCUT2D eigenvalue weighted by Crippen LogP contribution is -2.62. The monoisotopic (exact) mass is 678 g/mol. The quantitative estimate of drug-likeness (QED) is 0.0467. The number of esters is 1. The highest BCUT2D eigenvalue weighted by atomic mass is 19.4. The molecule has 0 unspecified atom stereocenters. The van der Waals surface area contributed by atoms with Gasteiger partial charge in [0.2, 0.25) is 0 Å². The lowest BCUT2D eigenvalue weighted by atomic mass is 9.95. The minimum atomic E-state index is -6.53. The summed E-state index contributed by atoms with van der Waals surface area (Å²) in [7, 11) is 1.46. The Kier molecular flexibility index (Phi) is 11.7. The first-order chi connectivity index (χ1) is 21.9. The summed E-state index contributed by atoms with van der Waals surface area (Å²) < 4.78 is 134. The summed E-state index contributed by atoms with van der Waals surface area (Å²) in [5.41, 5.74) is 0.512. The fraction of sp³-hybridized carbons (Fsp3) is 0.455. The Morgan fingerprint density at radius 2 is 1.49 bits per heavy atom. The fourth-order valence-electron chi connectivity index (χ4n) is 4.53. The van der Waals surface area contributed by atoms with E-state index >= 15 is 0 Å². The molecule has 0 saturated heterocycles. The predicted octanol–water partition coefficient (Wildman–Crippen LogP) is 9.02. The summed E-state index contributed by atoms with van der Waals surface area (Å²) in [6, 6.07) is 10.6. The van der Waals surface area contributed by atoms with Crippen molar-refractivity contribution in [2.45, 2.75) is 76.1 Å². The third-order valence-corrected chi connectivity index (χ3v) is 7.33. The van der Waals surface area contributed by atoms with Gasteiger partial charge in [0.15, 0.2) is 0 Å². The molecule has 0 fully saturated rings. The van der Waals surface area contributed by atoms with Crippen molar-refractivity contribution in [2.24, 2.45) is 0 Å². The lowest BCUT2D eigenvalue weighted by Gasteiger charge is -2.36. The zero-order valence-electron chi connectivity index (χ0n) is 25.9. The van der Waals surface area contributed by atoms with E-state index in [0.717, 1.165) is 44.2 Å². The van der Waals surface area contributed by atoms with Crippen LogP contribution in [0.4, 0.5) is 35.1 Å². The minimum Gasteiger partial charge on any atom is -0.496 e. The van der Waals surface area contributed by atoms with Crippen molar-refractivity contribution in [3.05, 3.63) is 70.6 Å². The molecule has 0 aliphatic heterocycles. The van der Waals surface area contributed by atoms with Crippen molar-refractivity contribution < 1.29 is 58.5 Å². The molecule has 0 aliphatic carbocycles. The van der Waals surface area contributed by atoms with Crippen LogP contribution in [0.3, 0.4) is 0 Å². The molecule has 0 radical (unpaired) electrons. The van der Waals surface area contributed by atoms with Gasteiger partial charge in [0.1, 0.15) is 17.1 Å². The molecule has 0 saturated carbocycles. The number of unbranched alkanes of at least 4 members (excludes halogenated alkanes) is 2. The normalized spacial score (nSPS) is 12.7. The number of aryl methyl sites for hydroxylation is 1. The zero-order chi connectivity index (χ0) is 35.2. The Morgan fingerprint density at radius 3 is 2.09 bits per heavy atom. The number of methoxy groups -OCH3 is 1. The molecule has 1 aromatic heterocycles. The van der Waals surface area contributed by atoms with E-state index in [2.05, 4.69) is 18.2 Å². The topological polar surface area (TPSA) is 75.0 Å². The summed E-state index contributed by atoms with van der Waals surface area (Å²) in [6.45, 7) is 3.59. The van der Waals surface area contributed by atoms with Gasteiger partial charge in [-0.05, 0) is 49.6 Å². The Bertz CT molecular complexity index is 1630. The van der Waals surface area contributed by atoms with E-state index in [1.54, 1.807) is 6.07 Å². The molecule has 47 heavy (non-hydrogen) atoms. The van der Waals surface area contributed by atoms with Crippen LogP contribution in [0.1, 0.15) is 51.5 Å². The Hall–Kier alpha value is -4.10. The van der Waals surface area contributed by atoms with Crippen LogP contribution >= 0.6 is 0 Å². The highest BCUT2D eigenvalue weighted by Crippen LogP contribution is 2.54. The number of fused-ring (bicyclic) bond motifs is 1. The van der Waals surface area contributed by atoms with Gasteiger partial charge >= 0.3 is 35.3 Å². The highest BCUT2D eigenvalue weighted by Gasteiger charge is 2.79. The van der Waals surface area contributed by atoms with E-state index in [-0.39, 0.29) is 22.5 Å². The van der Waals surface area contributed by atoms with Crippen LogP contribution in [0.2, 0.25) is 0 Å². The molecule has 1 heterocycles. The Labute approximate surface area is 265 Å². The van der Waals surface area contributed by atoms with E-state index in [4.69, 9.17) is 13.9 Å². The molecule has 3 rings (SSSR count). The summed E-state index contributed by atoms with van der Waals surface area (Å²) in [5.74, 6) is -25.4. The van der Waals surface area contributed by atoms with E-state index in [1.807, 2.05) is 12.1 Å². The Morgan fingerprint density at radius 1 is 0.851 bits per heavy atom. The number of carbonyl (C=O) groups excluding carboxylic acids is 1. The molecule has 6 nitrogen and oxygen atoms in total. The van der Waals surface area contributed by atoms with Crippen molar-refractivity contribution in [3.8, 4) is 22.6 Å². The number of hydrogen-bond donors (Lipinski definition) is 0. The molecule has 2 aromatic carbocycles. The van der Waals surface area contributed by atoms with Gasteiger partial charge in [0.05, 0.1) is 38.7 Å². The van der Waals surface area contributed by atoms with Crippen LogP contribution < -0.4 is 15.1 Å². The van der Waals surface area contributed by atoms with E-state index < -0.39 is 61.3 Å². The average Bonchev–Trinajstić information content (AvgIpc) is 3.00. The van der Waals surface area contributed by atoms with E-state index in [0.29, 0.717) is 16.7 Å². The molecular weight excluding hydrogens is 644 g/mol. The van der Waals surface area contributed by atoms with Gasteiger partial charge in [0, 0.05) is 22.6 Å². The molecule has 0 aliphatic rings. The van der Waals surface area contributed by atoms with E-state index in [1.165, 1.54) is 25.3 Å². The van der Waals surface area contributed by atoms with Crippen molar-refractivity contribution in [1.29, 1.82) is 0 Å². The van der Waals surface area contributed by atoms with Gasteiger partial charge in [-0.3, -0.25) is 0 Å². The number of halogens is 8. The number of benzene rings is 2.